The van der Waals surface area contributed by atoms with E-state index in [1.54, 1.807) is 24.0 Å². The van der Waals surface area contributed by atoms with E-state index in [9.17, 15) is 4.79 Å². The maximum absolute atomic E-state index is 11.8. The maximum atomic E-state index is 11.8. The van der Waals surface area contributed by atoms with Crippen molar-refractivity contribution in [3.05, 3.63) is 40.2 Å². The van der Waals surface area contributed by atoms with Crippen molar-refractivity contribution < 1.29 is 0 Å². The van der Waals surface area contributed by atoms with Crippen molar-refractivity contribution >= 4 is 16.9 Å². The highest BCUT2D eigenvalue weighted by Gasteiger charge is 2.12. The first-order valence-electron chi connectivity index (χ1n) is 6.28. The highest BCUT2D eigenvalue weighted by molar-refractivity contribution is 5.86. The van der Waals surface area contributed by atoms with Gasteiger partial charge in [0.15, 0.2) is 17.3 Å². The van der Waals surface area contributed by atoms with Gasteiger partial charge in [-0.15, -0.1) is 0 Å². The van der Waals surface area contributed by atoms with Crippen molar-refractivity contribution in [2.75, 3.05) is 5.43 Å². The van der Waals surface area contributed by atoms with Gasteiger partial charge in [0.25, 0.3) is 5.56 Å². The molecule has 0 aliphatic heterocycles. The predicted molar refractivity (Wildman–Crippen MR) is 76.5 cm³/mol. The molecule has 0 aliphatic rings. The van der Waals surface area contributed by atoms with Crippen LogP contribution in [0.4, 0.5) is 5.82 Å². The highest BCUT2D eigenvalue weighted by Crippen LogP contribution is 2.18. The molecule has 9 nitrogen and oxygen atoms in total. The summed E-state index contributed by atoms with van der Waals surface area (Å²) in [6, 6.07) is 3.13. The van der Waals surface area contributed by atoms with E-state index in [4.69, 9.17) is 5.84 Å². The number of fused-ring (bicyclic) bond motifs is 1. The van der Waals surface area contributed by atoms with Gasteiger partial charge in [-0.3, -0.25) is 9.48 Å². The second-order valence-electron chi connectivity index (χ2n) is 4.61. The van der Waals surface area contributed by atoms with Crippen molar-refractivity contribution in [3.8, 4) is 0 Å². The quantitative estimate of drug-likeness (QED) is 0.495. The van der Waals surface area contributed by atoms with Crippen molar-refractivity contribution in [2.45, 2.75) is 13.5 Å². The van der Waals surface area contributed by atoms with Crippen LogP contribution in [0.1, 0.15) is 11.5 Å². The summed E-state index contributed by atoms with van der Waals surface area (Å²) < 4.78 is 2.93. The smallest absolute Gasteiger partial charge is 0.267 e. The molecule has 0 atom stereocenters. The van der Waals surface area contributed by atoms with Crippen molar-refractivity contribution in [2.24, 2.45) is 12.9 Å². The van der Waals surface area contributed by atoms with Gasteiger partial charge in [-0.2, -0.15) is 10.2 Å². The first kappa shape index (κ1) is 13.2. The third-order valence-electron chi connectivity index (χ3n) is 3.07. The number of nitrogens with two attached hydrogens (primary N) is 1. The molecule has 3 aromatic rings. The van der Waals surface area contributed by atoms with Gasteiger partial charge in [-0.05, 0) is 13.0 Å². The van der Waals surface area contributed by atoms with E-state index in [0.29, 0.717) is 22.7 Å². The van der Waals surface area contributed by atoms with Crippen LogP contribution in [0.2, 0.25) is 0 Å². The molecule has 3 rings (SSSR count). The number of hydrogen-bond donors (Lipinski definition) is 2. The minimum atomic E-state index is -0.212. The Morgan fingerprint density at radius 1 is 1.33 bits per heavy atom. The summed E-state index contributed by atoms with van der Waals surface area (Å²) in [6.07, 6.45) is 1.63. The number of nitrogen functional groups attached to an aromatic ring is 1. The van der Waals surface area contributed by atoms with Crippen LogP contribution >= 0.6 is 0 Å². The van der Waals surface area contributed by atoms with Crippen LogP contribution in [0, 0.1) is 6.92 Å². The number of aryl methyl sites for hydroxylation is 2. The average Bonchev–Trinajstić information content (AvgIpc) is 2.84. The van der Waals surface area contributed by atoms with E-state index in [-0.39, 0.29) is 12.1 Å². The molecule has 3 aromatic heterocycles. The summed E-state index contributed by atoms with van der Waals surface area (Å²) in [5, 5.41) is 9.00. The molecular weight excluding hydrogens is 272 g/mol. The predicted octanol–water partition coefficient (Wildman–Crippen LogP) is -0.438. The zero-order chi connectivity index (χ0) is 15.0. The van der Waals surface area contributed by atoms with Crippen LogP contribution in [0.3, 0.4) is 0 Å². The topological polar surface area (TPSA) is 117 Å². The molecular formula is C12H14N8O. The summed E-state index contributed by atoms with van der Waals surface area (Å²) in [6.45, 7) is 1.98. The highest BCUT2D eigenvalue weighted by atomic mass is 16.1. The standard InChI is InChI=1S/C12H14N8O/c1-7-3-4-10(21)20(18-7)6-9-15-11(17-13)8-5-14-19(2)12(8)16-9/h3-5H,6,13H2,1-2H3,(H,15,16,17). The van der Waals surface area contributed by atoms with Gasteiger partial charge in [0.1, 0.15) is 6.54 Å². The Kier molecular flexibility index (Phi) is 3.10. The van der Waals surface area contributed by atoms with Gasteiger partial charge >= 0.3 is 0 Å². The first-order chi connectivity index (χ1) is 10.1. The second kappa shape index (κ2) is 4.94. The lowest BCUT2D eigenvalue weighted by Crippen LogP contribution is -2.24. The van der Waals surface area contributed by atoms with E-state index in [2.05, 4.69) is 25.6 Å². The fourth-order valence-electron chi connectivity index (χ4n) is 2.05. The summed E-state index contributed by atoms with van der Waals surface area (Å²) >= 11 is 0. The molecule has 0 aromatic carbocycles. The Hall–Kier alpha value is -2.81. The van der Waals surface area contributed by atoms with Crippen molar-refractivity contribution in [1.29, 1.82) is 0 Å². The second-order valence-corrected chi connectivity index (χ2v) is 4.61. The molecule has 0 amide bonds. The van der Waals surface area contributed by atoms with E-state index in [0.717, 1.165) is 5.69 Å². The fourth-order valence-corrected chi connectivity index (χ4v) is 2.05. The number of hydrogen-bond acceptors (Lipinski definition) is 7. The Bertz CT molecular complexity index is 865. The van der Waals surface area contributed by atoms with Crippen molar-refractivity contribution in [3.63, 3.8) is 0 Å². The monoisotopic (exact) mass is 286 g/mol. The van der Waals surface area contributed by atoms with Gasteiger partial charge in [0.05, 0.1) is 17.3 Å². The largest absolute Gasteiger partial charge is 0.308 e. The minimum absolute atomic E-state index is 0.163. The zero-order valence-corrected chi connectivity index (χ0v) is 11.6. The SMILES string of the molecule is Cc1ccc(=O)n(Cc2nc(NN)c3cnn(C)c3n2)n1. The molecule has 3 N–H and O–H groups in total. The molecule has 0 bridgehead atoms. The lowest BCUT2D eigenvalue weighted by molar-refractivity contribution is 0.606. The summed E-state index contributed by atoms with van der Waals surface area (Å²) in [4.78, 5) is 20.5. The molecule has 108 valence electrons. The molecule has 0 saturated carbocycles. The molecule has 0 fully saturated rings. The molecule has 0 spiro atoms. The van der Waals surface area contributed by atoms with E-state index < -0.39 is 0 Å². The number of anilines is 1. The van der Waals surface area contributed by atoms with E-state index >= 15 is 0 Å². The lowest BCUT2D eigenvalue weighted by Gasteiger charge is -2.07. The van der Waals surface area contributed by atoms with Gasteiger partial charge < -0.3 is 5.43 Å². The Labute approximate surface area is 119 Å². The van der Waals surface area contributed by atoms with Crippen LogP contribution in [0.5, 0.6) is 0 Å². The summed E-state index contributed by atoms with van der Waals surface area (Å²) in [5.41, 5.74) is 3.69. The normalized spacial score (nSPS) is 11.0. The molecule has 9 heteroatoms. The zero-order valence-electron chi connectivity index (χ0n) is 11.6. The fraction of sp³-hybridized carbons (Fsp3) is 0.250. The van der Waals surface area contributed by atoms with Crippen LogP contribution < -0.4 is 16.8 Å². The third-order valence-corrected chi connectivity index (χ3v) is 3.07. The third kappa shape index (κ3) is 2.34. The molecule has 3 heterocycles. The van der Waals surface area contributed by atoms with Crippen molar-refractivity contribution in [1.82, 2.24) is 29.5 Å². The van der Waals surface area contributed by atoms with Crippen LogP contribution in [-0.4, -0.2) is 29.5 Å². The lowest BCUT2D eigenvalue weighted by atomic mass is 10.4. The van der Waals surface area contributed by atoms with Crippen LogP contribution in [0.25, 0.3) is 11.0 Å². The number of hydrazine groups is 1. The summed E-state index contributed by atoms with van der Waals surface area (Å²) in [5.74, 6) is 6.37. The molecule has 0 saturated heterocycles. The number of rotatable bonds is 3. The number of aromatic nitrogens is 6. The maximum Gasteiger partial charge on any atom is 0.267 e. The van der Waals surface area contributed by atoms with Crippen LogP contribution in [0.15, 0.2) is 23.1 Å². The van der Waals surface area contributed by atoms with Gasteiger partial charge in [-0.25, -0.2) is 20.5 Å². The molecule has 0 aliphatic carbocycles. The Balaban J connectivity index is 2.10. The van der Waals surface area contributed by atoms with Gasteiger partial charge in [0, 0.05) is 13.1 Å². The van der Waals surface area contributed by atoms with E-state index in [1.165, 1.54) is 10.7 Å². The first-order valence-corrected chi connectivity index (χ1v) is 6.28. The Morgan fingerprint density at radius 3 is 2.90 bits per heavy atom. The van der Waals surface area contributed by atoms with Gasteiger partial charge in [-0.1, -0.05) is 0 Å². The average molecular weight is 286 g/mol. The van der Waals surface area contributed by atoms with Gasteiger partial charge in [0.2, 0.25) is 0 Å². The number of nitrogens with zero attached hydrogens (tertiary/aromatic N) is 6. The van der Waals surface area contributed by atoms with E-state index in [1.807, 2.05) is 6.92 Å². The molecule has 0 unspecified atom stereocenters. The molecule has 0 radical (unpaired) electrons. The Morgan fingerprint density at radius 2 is 2.14 bits per heavy atom. The summed E-state index contributed by atoms with van der Waals surface area (Å²) in [7, 11) is 1.77. The number of nitrogens with one attached hydrogen (secondary N) is 1. The minimum Gasteiger partial charge on any atom is -0.308 e. The van der Waals surface area contributed by atoms with Crippen LogP contribution in [-0.2, 0) is 13.6 Å². The molecule has 21 heavy (non-hydrogen) atoms.